The number of aromatic nitrogens is 2. The van der Waals surface area contributed by atoms with Gasteiger partial charge in [-0.05, 0) is 39.8 Å². The van der Waals surface area contributed by atoms with E-state index in [-0.39, 0.29) is 0 Å². The summed E-state index contributed by atoms with van der Waals surface area (Å²) < 4.78 is 11.5. The van der Waals surface area contributed by atoms with Crippen LogP contribution in [-0.4, -0.2) is 23.1 Å². The maximum Gasteiger partial charge on any atom is 0.227 e. The number of para-hydroxylation sites is 2. The Bertz CT molecular complexity index is 614. The SMILES string of the molecule is CCNc1nc(C)nc(Oc2ccccc2OCC)c1C. The highest BCUT2D eigenvalue weighted by molar-refractivity contribution is 5.51. The Morgan fingerprint density at radius 3 is 2.43 bits per heavy atom. The van der Waals surface area contributed by atoms with Gasteiger partial charge in [-0.3, -0.25) is 0 Å². The van der Waals surface area contributed by atoms with Crippen molar-refractivity contribution in [1.29, 1.82) is 0 Å². The van der Waals surface area contributed by atoms with Crippen LogP contribution < -0.4 is 14.8 Å². The third kappa shape index (κ3) is 3.62. The summed E-state index contributed by atoms with van der Waals surface area (Å²) >= 11 is 0. The van der Waals surface area contributed by atoms with Gasteiger partial charge in [0.05, 0.1) is 12.2 Å². The van der Waals surface area contributed by atoms with E-state index in [4.69, 9.17) is 9.47 Å². The van der Waals surface area contributed by atoms with Gasteiger partial charge in [0.15, 0.2) is 11.5 Å². The molecular weight excluding hydrogens is 266 g/mol. The lowest BCUT2D eigenvalue weighted by atomic mass is 10.3. The van der Waals surface area contributed by atoms with Crippen LogP contribution in [0, 0.1) is 13.8 Å². The standard InChI is InChI=1S/C16H21N3O2/c1-5-17-15-11(3)16(19-12(4)18-15)21-14-10-8-7-9-13(14)20-6-2/h7-10H,5-6H2,1-4H3,(H,17,18,19). The monoisotopic (exact) mass is 287 g/mol. The molecule has 1 heterocycles. The van der Waals surface area contributed by atoms with E-state index in [1.807, 2.05) is 52.0 Å². The third-order valence-corrected chi connectivity index (χ3v) is 2.91. The molecule has 0 saturated carbocycles. The fourth-order valence-corrected chi connectivity index (χ4v) is 1.96. The van der Waals surface area contributed by atoms with Crippen molar-refractivity contribution >= 4 is 5.82 Å². The van der Waals surface area contributed by atoms with Crippen LogP contribution in [0.25, 0.3) is 0 Å². The van der Waals surface area contributed by atoms with Crippen LogP contribution in [0.5, 0.6) is 17.4 Å². The van der Waals surface area contributed by atoms with Crippen LogP contribution in [0.2, 0.25) is 0 Å². The van der Waals surface area contributed by atoms with Gasteiger partial charge in [0.2, 0.25) is 5.88 Å². The number of rotatable bonds is 6. The van der Waals surface area contributed by atoms with Crippen LogP contribution in [0.4, 0.5) is 5.82 Å². The van der Waals surface area contributed by atoms with Crippen molar-refractivity contribution in [1.82, 2.24) is 9.97 Å². The lowest BCUT2D eigenvalue weighted by Gasteiger charge is -2.14. The van der Waals surface area contributed by atoms with Crippen molar-refractivity contribution in [2.75, 3.05) is 18.5 Å². The van der Waals surface area contributed by atoms with Gasteiger partial charge < -0.3 is 14.8 Å². The maximum absolute atomic E-state index is 5.94. The smallest absolute Gasteiger partial charge is 0.227 e. The molecule has 1 aromatic heterocycles. The fraction of sp³-hybridized carbons (Fsp3) is 0.375. The molecule has 0 aliphatic rings. The second-order valence-corrected chi connectivity index (χ2v) is 4.56. The van der Waals surface area contributed by atoms with Crippen LogP contribution in [-0.2, 0) is 0 Å². The van der Waals surface area contributed by atoms with E-state index in [1.165, 1.54) is 0 Å². The van der Waals surface area contributed by atoms with E-state index in [0.717, 1.165) is 17.9 Å². The zero-order valence-electron chi connectivity index (χ0n) is 12.9. The van der Waals surface area contributed by atoms with Crippen molar-refractivity contribution in [2.24, 2.45) is 0 Å². The number of nitrogens with zero attached hydrogens (tertiary/aromatic N) is 2. The molecule has 0 bridgehead atoms. The van der Waals surface area contributed by atoms with Crippen LogP contribution in [0.3, 0.4) is 0 Å². The number of benzene rings is 1. The van der Waals surface area contributed by atoms with Gasteiger partial charge in [0, 0.05) is 6.54 Å². The first-order valence-electron chi connectivity index (χ1n) is 7.14. The molecule has 0 spiro atoms. The molecule has 0 unspecified atom stereocenters. The van der Waals surface area contributed by atoms with Gasteiger partial charge in [-0.25, -0.2) is 4.98 Å². The summed E-state index contributed by atoms with van der Waals surface area (Å²) in [5.41, 5.74) is 0.883. The average Bonchev–Trinajstić information content (AvgIpc) is 2.46. The number of hydrogen-bond acceptors (Lipinski definition) is 5. The van der Waals surface area contributed by atoms with Gasteiger partial charge in [0.1, 0.15) is 11.6 Å². The zero-order valence-corrected chi connectivity index (χ0v) is 12.9. The Hall–Kier alpha value is -2.30. The van der Waals surface area contributed by atoms with E-state index >= 15 is 0 Å². The number of hydrogen-bond donors (Lipinski definition) is 1. The van der Waals surface area contributed by atoms with E-state index in [1.54, 1.807) is 0 Å². The molecule has 0 fully saturated rings. The first-order chi connectivity index (χ1) is 10.2. The van der Waals surface area contributed by atoms with Crippen LogP contribution in [0.15, 0.2) is 24.3 Å². The first-order valence-corrected chi connectivity index (χ1v) is 7.14. The van der Waals surface area contributed by atoms with E-state index in [2.05, 4.69) is 15.3 Å². The zero-order chi connectivity index (χ0) is 15.2. The average molecular weight is 287 g/mol. The molecule has 0 aliphatic heterocycles. The Balaban J connectivity index is 2.35. The number of aryl methyl sites for hydroxylation is 1. The number of ether oxygens (including phenoxy) is 2. The molecule has 0 radical (unpaired) electrons. The van der Waals surface area contributed by atoms with Crippen molar-refractivity contribution in [2.45, 2.75) is 27.7 Å². The minimum Gasteiger partial charge on any atom is -0.490 e. The molecule has 0 atom stereocenters. The molecule has 112 valence electrons. The van der Waals surface area contributed by atoms with Crippen molar-refractivity contribution in [3.63, 3.8) is 0 Å². The summed E-state index contributed by atoms with van der Waals surface area (Å²) in [6, 6.07) is 7.58. The summed E-state index contributed by atoms with van der Waals surface area (Å²) in [6.07, 6.45) is 0. The van der Waals surface area contributed by atoms with E-state index in [0.29, 0.717) is 29.8 Å². The largest absolute Gasteiger partial charge is 0.490 e. The molecular formula is C16H21N3O2. The molecule has 1 aromatic carbocycles. The summed E-state index contributed by atoms with van der Waals surface area (Å²) in [5.74, 6) is 3.38. The summed E-state index contributed by atoms with van der Waals surface area (Å²) in [6.45, 7) is 9.15. The third-order valence-electron chi connectivity index (χ3n) is 2.91. The molecule has 2 aromatic rings. The molecule has 5 heteroatoms. The summed E-state index contributed by atoms with van der Waals surface area (Å²) in [7, 11) is 0. The predicted octanol–water partition coefficient (Wildman–Crippen LogP) is 3.72. The first kappa shape index (κ1) is 15.1. The minimum absolute atomic E-state index is 0.547. The summed E-state index contributed by atoms with van der Waals surface area (Å²) in [4.78, 5) is 8.77. The molecule has 5 nitrogen and oxygen atoms in total. The van der Waals surface area contributed by atoms with Gasteiger partial charge in [-0.15, -0.1) is 0 Å². The Kier molecular flexibility index (Phi) is 4.98. The van der Waals surface area contributed by atoms with Crippen molar-refractivity contribution < 1.29 is 9.47 Å². The Morgan fingerprint density at radius 2 is 1.76 bits per heavy atom. The van der Waals surface area contributed by atoms with E-state index in [9.17, 15) is 0 Å². The Labute approximate surface area is 125 Å². The minimum atomic E-state index is 0.547. The molecule has 21 heavy (non-hydrogen) atoms. The highest BCUT2D eigenvalue weighted by atomic mass is 16.5. The second-order valence-electron chi connectivity index (χ2n) is 4.56. The van der Waals surface area contributed by atoms with E-state index < -0.39 is 0 Å². The number of anilines is 1. The number of nitrogens with one attached hydrogen (secondary N) is 1. The molecule has 0 aliphatic carbocycles. The van der Waals surface area contributed by atoms with Gasteiger partial charge in [-0.2, -0.15) is 4.98 Å². The van der Waals surface area contributed by atoms with Gasteiger partial charge in [0.25, 0.3) is 0 Å². The highest BCUT2D eigenvalue weighted by Gasteiger charge is 2.13. The normalized spacial score (nSPS) is 10.3. The second kappa shape index (κ2) is 6.92. The van der Waals surface area contributed by atoms with Gasteiger partial charge in [-0.1, -0.05) is 12.1 Å². The molecule has 0 amide bonds. The lowest BCUT2D eigenvalue weighted by Crippen LogP contribution is -2.06. The van der Waals surface area contributed by atoms with Crippen LogP contribution >= 0.6 is 0 Å². The fourth-order valence-electron chi connectivity index (χ4n) is 1.96. The highest BCUT2D eigenvalue weighted by Crippen LogP contribution is 2.33. The lowest BCUT2D eigenvalue weighted by molar-refractivity contribution is 0.319. The predicted molar refractivity (Wildman–Crippen MR) is 83.4 cm³/mol. The maximum atomic E-state index is 5.94. The van der Waals surface area contributed by atoms with Crippen molar-refractivity contribution in [3.05, 3.63) is 35.7 Å². The Morgan fingerprint density at radius 1 is 1.05 bits per heavy atom. The molecule has 1 N–H and O–H groups in total. The molecule has 0 saturated heterocycles. The van der Waals surface area contributed by atoms with Gasteiger partial charge >= 0.3 is 0 Å². The van der Waals surface area contributed by atoms with Crippen LogP contribution in [0.1, 0.15) is 25.2 Å². The summed E-state index contributed by atoms with van der Waals surface area (Å²) in [5, 5.41) is 3.22. The molecule has 2 rings (SSSR count). The topological polar surface area (TPSA) is 56.3 Å². The van der Waals surface area contributed by atoms with Crippen molar-refractivity contribution in [3.8, 4) is 17.4 Å². The quantitative estimate of drug-likeness (QED) is 0.877.